The summed E-state index contributed by atoms with van der Waals surface area (Å²) in [4.78, 5) is 28.5. The summed E-state index contributed by atoms with van der Waals surface area (Å²) < 4.78 is 43.9. The van der Waals surface area contributed by atoms with Crippen LogP contribution in [0, 0.1) is 0 Å². The van der Waals surface area contributed by atoms with Crippen molar-refractivity contribution in [2.24, 2.45) is 0 Å². The SMILES string of the molecule is COC(=O)CC1CN(Cc2ccc(OC)cc2)C(COS(C)(=O)=O)CN1C(=O)OC(C)(C)C. The van der Waals surface area contributed by atoms with Gasteiger partial charge in [-0.25, -0.2) is 4.79 Å². The Balaban J connectivity index is 2.31. The Morgan fingerprint density at radius 3 is 2.21 bits per heavy atom. The lowest BCUT2D eigenvalue weighted by Gasteiger charge is -2.46. The number of carbonyl (C=O) groups is 2. The van der Waals surface area contributed by atoms with Gasteiger partial charge in [0.25, 0.3) is 10.1 Å². The molecule has 0 N–H and O–H groups in total. The van der Waals surface area contributed by atoms with Crippen molar-refractivity contribution in [2.45, 2.75) is 51.4 Å². The minimum Gasteiger partial charge on any atom is -0.497 e. The van der Waals surface area contributed by atoms with Crippen LogP contribution >= 0.6 is 0 Å². The van der Waals surface area contributed by atoms with Crippen LogP contribution in [0.4, 0.5) is 4.79 Å². The van der Waals surface area contributed by atoms with Crippen molar-refractivity contribution in [1.82, 2.24) is 9.80 Å². The molecule has 1 aromatic carbocycles. The average molecular weight is 487 g/mol. The normalized spacial score (nSPS) is 19.8. The molecule has 0 aliphatic carbocycles. The van der Waals surface area contributed by atoms with Gasteiger partial charge in [-0.3, -0.25) is 13.9 Å². The maximum atomic E-state index is 12.9. The second-order valence-corrected chi connectivity index (χ2v) is 10.6. The molecule has 186 valence electrons. The lowest BCUT2D eigenvalue weighted by molar-refractivity contribution is -0.142. The van der Waals surface area contributed by atoms with E-state index in [2.05, 4.69) is 0 Å². The summed E-state index contributed by atoms with van der Waals surface area (Å²) in [5.74, 6) is 0.262. The summed E-state index contributed by atoms with van der Waals surface area (Å²) in [6.45, 7) is 6.01. The van der Waals surface area contributed by atoms with E-state index in [1.807, 2.05) is 29.2 Å². The predicted molar refractivity (Wildman–Crippen MR) is 121 cm³/mol. The van der Waals surface area contributed by atoms with Gasteiger partial charge in [-0.15, -0.1) is 0 Å². The van der Waals surface area contributed by atoms with Gasteiger partial charge in [-0.2, -0.15) is 8.42 Å². The van der Waals surface area contributed by atoms with Crippen LogP contribution in [0.2, 0.25) is 0 Å². The first-order valence-corrected chi connectivity index (χ1v) is 12.4. The Bertz CT molecular complexity index is 911. The van der Waals surface area contributed by atoms with Crippen molar-refractivity contribution in [3.63, 3.8) is 0 Å². The number of rotatable bonds is 8. The van der Waals surface area contributed by atoms with Crippen LogP contribution in [-0.4, -0.2) is 88.1 Å². The fraction of sp³-hybridized carbons (Fsp3) is 0.636. The first kappa shape index (κ1) is 26.9. The molecular weight excluding hydrogens is 452 g/mol. The molecule has 0 aromatic heterocycles. The molecule has 2 atom stereocenters. The number of piperazine rings is 1. The standard InChI is InChI=1S/C22H34N2O8S/c1-22(2,3)32-21(26)24-14-18(15-31-33(6,27)28)23(13-17(24)11-20(25)30-5)12-16-7-9-19(29-4)10-8-16/h7-10,17-18H,11-15H2,1-6H3. The molecule has 1 aliphatic rings. The van der Waals surface area contributed by atoms with E-state index in [4.69, 9.17) is 18.4 Å². The van der Waals surface area contributed by atoms with Gasteiger partial charge in [-0.05, 0) is 38.5 Å². The van der Waals surface area contributed by atoms with Crippen molar-refractivity contribution in [1.29, 1.82) is 0 Å². The Labute approximate surface area is 195 Å². The molecule has 10 nitrogen and oxygen atoms in total. The first-order chi connectivity index (χ1) is 15.3. The summed E-state index contributed by atoms with van der Waals surface area (Å²) >= 11 is 0. The Kier molecular flexibility index (Phi) is 9.10. The molecule has 1 heterocycles. The molecule has 2 rings (SSSR count). The van der Waals surface area contributed by atoms with Crippen molar-refractivity contribution in [3.8, 4) is 5.75 Å². The van der Waals surface area contributed by atoms with Gasteiger partial charge in [0.2, 0.25) is 0 Å². The van der Waals surface area contributed by atoms with Crippen LogP contribution in [0.5, 0.6) is 5.75 Å². The molecule has 2 unspecified atom stereocenters. The zero-order valence-corrected chi connectivity index (χ0v) is 20.9. The van der Waals surface area contributed by atoms with E-state index in [0.29, 0.717) is 18.8 Å². The molecule has 0 saturated carbocycles. The summed E-state index contributed by atoms with van der Waals surface area (Å²) in [5.41, 5.74) is 0.231. The number of methoxy groups -OCH3 is 2. The van der Waals surface area contributed by atoms with Gasteiger partial charge in [0.15, 0.2) is 0 Å². The van der Waals surface area contributed by atoms with Crippen molar-refractivity contribution in [3.05, 3.63) is 29.8 Å². The largest absolute Gasteiger partial charge is 0.497 e. The fourth-order valence-corrected chi connectivity index (χ4v) is 3.93. The maximum Gasteiger partial charge on any atom is 0.410 e. The topological polar surface area (TPSA) is 112 Å². The predicted octanol–water partition coefficient (Wildman–Crippen LogP) is 2.02. The number of benzene rings is 1. The first-order valence-electron chi connectivity index (χ1n) is 10.6. The van der Waals surface area contributed by atoms with Crippen LogP contribution in [-0.2, 0) is 35.1 Å². The second-order valence-electron chi connectivity index (χ2n) is 8.99. The van der Waals surface area contributed by atoms with E-state index in [-0.39, 0.29) is 19.6 Å². The summed E-state index contributed by atoms with van der Waals surface area (Å²) in [6.07, 6.45) is 0.383. The molecule has 1 saturated heterocycles. The minimum atomic E-state index is -3.68. The molecule has 33 heavy (non-hydrogen) atoms. The Hall–Kier alpha value is -2.37. The lowest BCUT2D eigenvalue weighted by Crippen LogP contribution is -2.61. The number of hydrogen-bond donors (Lipinski definition) is 0. The molecule has 1 aliphatic heterocycles. The van der Waals surface area contributed by atoms with Crippen molar-refractivity contribution in [2.75, 3.05) is 40.2 Å². The van der Waals surface area contributed by atoms with E-state index in [1.165, 1.54) is 12.0 Å². The molecule has 1 aromatic rings. The highest BCUT2D eigenvalue weighted by Crippen LogP contribution is 2.24. The third-order valence-corrected chi connectivity index (χ3v) is 5.65. The zero-order chi connectivity index (χ0) is 24.8. The van der Waals surface area contributed by atoms with Crippen molar-refractivity contribution >= 4 is 22.2 Å². The second kappa shape index (κ2) is 11.2. The van der Waals surface area contributed by atoms with Crippen LogP contribution in [0.15, 0.2) is 24.3 Å². The van der Waals surface area contributed by atoms with Gasteiger partial charge in [-0.1, -0.05) is 12.1 Å². The van der Waals surface area contributed by atoms with Gasteiger partial charge in [0, 0.05) is 19.6 Å². The van der Waals surface area contributed by atoms with Gasteiger partial charge < -0.3 is 19.1 Å². The number of esters is 1. The lowest BCUT2D eigenvalue weighted by atomic mass is 10.0. The third kappa shape index (κ3) is 8.82. The highest BCUT2D eigenvalue weighted by atomic mass is 32.2. The number of ether oxygens (including phenoxy) is 3. The van der Waals surface area contributed by atoms with Crippen molar-refractivity contribution < 1.29 is 36.4 Å². The number of amides is 1. The monoisotopic (exact) mass is 486 g/mol. The van der Waals surface area contributed by atoms with E-state index in [1.54, 1.807) is 27.9 Å². The zero-order valence-electron chi connectivity index (χ0n) is 20.1. The Morgan fingerprint density at radius 2 is 1.70 bits per heavy atom. The highest BCUT2D eigenvalue weighted by Gasteiger charge is 2.40. The molecular formula is C22H34N2O8S. The summed E-state index contributed by atoms with van der Waals surface area (Å²) in [5, 5.41) is 0. The fourth-order valence-electron chi connectivity index (χ4n) is 3.52. The average Bonchev–Trinajstić information content (AvgIpc) is 2.71. The van der Waals surface area contributed by atoms with Crippen LogP contribution in [0.25, 0.3) is 0 Å². The molecule has 11 heteroatoms. The third-order valence-electron chi connectivity index (χ3n) is 5.09. The molecule has 1 amide bonds. The number of carbonyl (C=O) groups excluding carboxylic acids is 2. The summed E-state index contributed by atoms with van der Waals surface area (Å²) in [6, 6.07) is 6.52. The summed E-state index contributed by atoms with van der Waals surface area (Å²) in [7, 11) is -0.807. The quantitative estimate of drug-likeness (QED) is 0.402. The number of hydrogen-bond acceptors (Lipinski definition) is 9. The van der Waals surface area contributed by atoms with Gasteiger partial charge in [0.1, 0.15) is 11.4 Å². The molecule has 0 radical (unpaired) electrons. The molecule has 1 fully saturated rings. The maximum absolute atomic E-state index is 12.9. The molecule has 0 spiro atoms. The van der Waals surface area contributed by atoms with Crippen LogP contribution in [0.1, 0.15) is 32.8 Å². The van der Waals surface area contributed by atoms with Crippen LogP contribution in [0.3, 0.4) is 0 Å². The smallest absolute Gasteiger partial charge is 0.410 e. The number of nitrogens with zero attached hydrogens (tertiary/aromatic N) is 2. The van der Waals surface area contributed by atoms with E-state index >= 15 is 0 Å². The van der Waals surface area contributed by atoms with E-state index in [9.17, 15) is 18.0 Å². The van der Waals surface area contributed by atoms with E-state index < -0.39 is 39.9 Å². The van der Waals surface area contributed by atoms with E-state index in [0.717, 1.165) is 11.8 Å². The van der Waals surface area contributed by atoms with Gasteiger partial charge in [0.05, 0.1) is 45.6 Å². The highest BCUT2D eigenvalue weighted by molar-refractivity contribution is 7.85. The Morgan fingerprint density at radius 1 is 1.06 bits per heavy atom. The minimum absolute atomic E-state index is 0.0193. The van der Waals surface area contributed by atoms with Crippen LogP contribution < -0.4 is 4.74 Å². The molecule has 0 bridgehead atoms. The van der Waals surface area contributed by atoms with Gasteiger partial charge >= 0.3 is 12.1 Å².